The van der Waals surface area contributed by atoms with Crippen LogP contribution in [0, 0.1) is 0 Å². The summed E-state index contributed by atoms with van der Waals surface area (Å²) < 4.78 is 5.52. The van der Waals surface area contributed by atoms with Gasteiger partial charge in [0, 0.05) is 5.39 Å². The molecule has 0 atom stereocenters. The van der Waals surface area contributed by atoms with Gasteiger partial charge in [0.1, 0.15) is 12.4 Å². The average molecular weight is 281 g/mol. The van der Waals surface area contributed by atoms with Crippen molar-refractivity contribution in [3.05, 3.63) is 60.3 Å². The summed E-state index contributed by atoms with van der Waals surface area (Å²) >= 11 is 0. The largest absolute Gasteiger partial charge is 0.492 e. The number of nitrogens with zero attached hydrogens (tertiary/aromatic N) is 1. The van der Waals surface area contributed by atoms with Crippen LogP contribution >= 0.6 is 0 Å². The zero-order chi connectivity index (χ0) is 14.5. The predicted octanol–water partition coefficient (Wildman–Crippen LogP) is 2.37. The number of ether oxygens (including phenoxy) is 1. The minimum Gasteiger partial charge on any atom is -0.492 e. The highest BCUT2D eigenvalue weighted by Gasteiger charge is 2.12. The first-order chi connectivity index (χ1) is 10.3. The molecule has 0 aliphatic heterocycles. The van der Waals surface area contributed by atoms with Crippen LogP contribution in [0.4, 0.5) is 0 Å². The first-order valence-electron chi connectivity index (χ1n) is 6.74. The van der Waals surface area contributed by atoms with Crippen LogP contribution in [0.1, 0.15) is 10.5 Å². The number of hydrogen-bond acceptors (Lipinski definition) is 3. The van der Waals surface area contributed by atoms with Crippen molar-refractivity contribution in [2.75, 3.05) is 13.2 Å². The first-order valence-corrected chi connectivity index (χ1v) is 6.74. The van der Waals surface area contributed by atoms with Gasteiger partial charge >= 0.3 is 0 Å². The lowest BCUT2D eigenvalue weighted by atomic mass is 10.2. The van der Waals surface area contributed by atoms with Gasteiger partial charge in [0.15, 0.2) is 5.69 Å². The Morgan fingerprint density at radius 1 is 1.10 bits per heavy atom. The van der Waals surface area contributed by atoms with Crippen molar-refractivity contribution in [3.8, 4) is 5.75 Å². The molecule has 0 unspecified atom stereocenters. The van der Waals surface area contributed by atoms with E-state index in [9.17, 15) is 4.79 Å². The SMILES string of the molecule is O=C(NCCOc1ccccc1)c1n[nH]c2ccccc12. The standard InChI is InChI=1S/C16H15N3O2/c20-16(15-13-8-4-5-9-14(13)18-19-15)17-10-11-21-12-6-2-1-3-7-12/h1-9H,10-11H2,(H,17,20)(H,18,19). The number of hydrogen-bond donors (Lipinski definition) is 2. The van der Waals surface area contributed by atoms with E-state index in [2.05, 4.69) is 15.5 Å². The molecule has 1 heterocycles. The van der Waals surface area contributed by atoms with Crippen molar-refractivity contribution in [2.24, 2.45) is 0 Å². The molecule has 5 heteroatoms. The Hall–Kier alpha value is -2.82. The summed E-state index contributed by atoms with van der Waals surface area (Å²) in [5, 5.41) is 10.5. The molecular weight excluding hydrogens is 266 g/mol. The van der Waals surface area contributed by atoms with Gasteiger partial charge in [-0.15, -0.1) is 0 Å². The zero-order valence-corrected chi connectivity index (χ0v) is 11.4. The second-order valence-electron chi connectivity index (χ2n) is 4.54. The number of carbonyl (C=O) groups is 1. The lowest BCUT2D eigenvalue weighted by Gasteiger charge is -2.06. The maximum atomic E-state index is 12.1. The Labute approximate surface area is 121 Å². The number of fused-ring (bicyclic) bond motifs is 1. The van der Waals surface area contributed by atoms with Crippen molar-refractivity contribution in [2.45, 2.75) is 0 Å². The third-order valence-corrected chi connectivity index (χ3v) is 3.08. The molecule has 0 saturated heterocycles. The minimum atomic E-state index is -0.205. The molecule has 0 fully saturated rings. The molecule has 0 radical (unpaired) electrons. The predicted molar refractivity (Wildman–Crippen MR) is 80.4 cm³/mol. The molecule has 3 rings (SSSR count). The van der Waals surface area contributed by atoms with E-state index in [1.807, 2.05) is 54.6 Å². The topological polar surface area (TPSA) is 67.0 Å². The Morgan fingerprint density at radius 2 is 1.86 bits per heavy atom. The molecule has 0 aliphatic rings. The summed E-state index contributed by atoms with van der Waals surface area (Å²) in [5.41, 5.74) is 1.26. The molecular formula is C16H15N3O2. The van der Waals surface area contributed by atoms with Crippen molar-refractivity contribution in [1.82, 2.24) is 15.5 Å². The lowest BCUT2D eigenvalue weighted by molar-refractivity contribution is 0.0943. The van der Waals surface area contributed by atoms with E-state index < -0.39 is 0 Å². The quantitative estimate of drug-likeness (QED) is 0.706. The van der Waals surface area contributed by atoms with Crippen LogP contribution in [-0.4, -0.2) is 29.3 Å². The number of para-hydroxylation sites is 2. The smallest absolute Gasteiger partial charge is 0.272 e. The number of aromatic amines is 1. The summed E-state index contributed by atoms with van der Waals surface area (Å²) in [7, 11) is 0. The van der Waals surface area contributed by atoms with Gasteiger partial charge in [-0.2, -0.15) is 5.10 Å². The summed E-state index contributed by atoms with van der Waals surface area (Å²) in [5.74, 6) is 0.584. The average Bonchev–Trinajstić information content (AvgIpc) is 2.96. The van der Waals surface area contributed by atoms with Gasteiger partial charge in [-0.25, -0.2) is 0 Å². The fourth-order valence-electron chi connectivity index (χ4n) is 2.07. The molecule has 5 nitrogen and oxygen atoms in total. The lowest BCUT2D eigenvalue weighted by Crippen LogP contribution is -2.28. The summed E-state index contributed by atoms with van der Waals surface area (Å²) in [6, 6.07) is 17.0. The van der Waals surface area contributed by atoms with Crippen LogP contribution < -0.4 is 10.1 Å². The summed E-state index contributed by atoms with van der Waals surface area (Å²) in [6.45, 7) is 0.840. The van der Waals surface area contributed by atoms with Crippen molar-refractivity contribution >= 4 is 16.8 Å². The van der Waals surface area contributed by atoms with Gasteiger partial charge < -0.3 is 10.1 Å². The van der Waals surface area contributed by atoms with Gasteiger partial charge in [-0.1, -0.05) is 36.4 Å². The molecule has 1 amide bonds. The van der Waals surface area contributed by atoms with Crippen molar-refractivity contribution in [1.29, 1.82) is 0 Å². The number of H-pyrrole nitrogens is 1. The highest BCUT2D eigenvalue weighted by Crippen LogP contribution is 2.14. The summed E-state index contributed by atoms with van der Waals surface area (Å²) in [6.07, 6.45) is 0. The monoisotopic (exact) mass is 281 g/mol. The number of aromatic nitrogens is 2. The Kier molecular flexibility index (Phi) is 3.82. The fourth-order valence-corrected chi connectivity index (χ4v) is 2.07. The van der Waals surface area contributed by atoms with E-state index in [4.69, 9.17) is 4.74 Å². The van der Waals surface area contributed by atoms with Crippen LogP contribution in [-0.2, 0) is 0 Å². The fraction of sp³-hybridized carbons (Fsp3) is 0.125. The molecule has 0 spiro atoms. The molecule has 106 valence electrons. The Morgan fingerprint density at radius 3 is 2.71 bits per heavy atom. The molecule has 3 aromatic rings. The van der Waals surface area contributed by atoms with E-state index in [1.165, 1.54) is 0 Å². The number of carbonyl (C=O) groups excluding carboxylic acids is 1. The number of amides is 1. The summed E-state index contributed by atoms with van der Waals surface area (Å²) in [4.78, 5) is 12.1. The molecule has 1 aromatic heterocycles. The Balaban J connectivity index is 1.55. The van der Waals surface area contributed by atoms with Crippen LogP contribution in [0.15, 0.2) is 54.6 Å². The van der Waals surface area contributed by atoms with Crippen LogP contribution in [0.5, 0.6) is 5.75 Å². The van der Waals surface area contributed by atoms with Crippen molar-refractivity contribution < 1.29 is 9.53 Å². The van der Waals surface area contributed by atoms with Gasteiger partial charge in [-0.05, 0) is 18.2 Å². The third-order valence-electron chi connectivity index (χ3n) is 3.08. The highest BCUT2D eigenvalue weighted by molar-refractivity contribution is 6.04. The van der Waals surface area contributed by atoms with Crippen LogP contribution in [0.2, 0.25) is 0 Å². The normalized spacial score (nSPS) is 10.5. The van der Waals surface area contributed by atoms with Gasteiger partial charge in [0.05, 0.1) is 12.1 Å². The van der Waals surface area contributed by atoms with E-state index in [-0.39, 0.29) is 5.91 Å². The van der Waals surface area contributed by atoms with E-state index in [0.717, 1.165) is 16.7 Å². The maximum absolute atomic E-state index is 12.1. The van der Waals surface area contributed by atoms with Gasteiger partial charge in [0.2, 0.25) is 0 Å². The minimum absolute atomic E-state index is 0.205. The van der Waals surface area contributed by atoms with Gasteiger partial charge in [-0.3, -0.25) is 9.89 Å². The van der Waals surface area contributed by atoms with Crippen LogP contribution in [0.3, 0.4) is 0 Å². The molecule has 2 N–H and O–H groups in total. The molecule has 2 aromatic carbocycles. The van der Waals surface area contributed by atoms with Gasteiger partial charge in [0.25, 0.3) is 5.91 Å². The second-order valence-corrected chi connectivity index (χ2v) is 4.54. The molecule has 0 aliphatic carbocycles. The molecule has 0 saturated carbocycles. The van der Waals surface area contributed by atoms with Crippen molar-refractivity contribution in [3.63, 3.8) is 0 Å². The number of nitrogens with one attached hydrogen (secondary N) is 2. The van der Waals surface area contributed by atoms with Crippen LogP contribution in [0.25, 0.3) is 10.9 Å². The zero-order valence-electron chi connectivity index (χ0n) is 11.4. The molecule has 21 heavy (non-hydrogen) atoms. The number of benzene rings is 2. The highest BCUT2D eigenvalue weighted by atomic mass is 16.5. The van der Waals surface area contributed by atoms with E-state index >= 15 is 0 Å². The van der Waals surface area contributed by atoms with E-state index in [1.54, 1.807) is 0 Å². The third kappa shape index (κ3) is 3.02. The van der Waals surface area contributed by atoms with E-state index in [0.29, 0.717) is 18.8 Å². The second kappa shape index (κ2) is 6.09. The Bertz CT molecular complexity index is 737. The molecule has 0 bridgehead atoms. The number of rotatable bonds is 5. The first kappa shape index (κ1) is 13.2. The maximum Gasteiger partial charge on any atom is 0.272 e.